The third-order valence-electron chi connectivity index (χ3n) is 5.03. The first kappa shape index (κ1) is 21.5. The van der Waals surface area contributed by atoms with Crippen molar-refractivity contribution in [3.63, 3.8) is 0 Å². The third-order valence-corrected chi connectivity index (χ3v) is 6.19. The highest BCUT2D eigenvalue weighted by atomic mass is 35.5. The van der Waals surface area contributed by atoms with Crippen molar-refractivity contribution in [2.24, 2.45) is 0 Å². The van der Waals surface area contributed by atoms with Gasteiger partial charge in [0, 0.05) is 37.4 Å². The molecule has 0 fully saturated rings. The van der Waals surface area contributed by atoms with Gasteiger partial charge in [-0.1, -0.05) is 35.3 Å². The van der Waals surface area contributed by atoms with Gasteiger partial charge in [0.2, 0.25) is 0 Å². The topological polar surface area (TPSA) is 62.1 Å². The molecule has 7 heteroatoms. The highest BCUT2D eigenvalue weighted by molar-refractivity contribution is 7.79. The Kier molecular flexibility index (Phi) is 6.12. The molecule has 4 rings (SSSR count). The molecule has 156 valence electrons. The second-order valence-corrected chi connectivity index (χ2v) is 8.75. The zero-order chi connectivity index (χ0) is 22.1. The van der Waals surface area contributed by atoms with E-state index in [1.807, 2.05) is 29.7 Å². The maximum atomic E-state index is 13.2. The van der Waals surface area contributed by atoms with Crippen LogP contribution in [-0.4, -0.2) is 19.1 Å². The first-order valence-corrected chi connectivity index (χ1v) is 11.2. The van der Waals surface area contributed by atoms with Crippen molar-refractivity contribution in [1.82, 2.24) is 4.57 Å². The number of ketones is 1. The van der Waals surface area contributed by atoms with Gasteiger partial charge < -0.3 is 9.12 Å². The molecule has 0 aliphatic rings. The molecule has 0 saturated heterocycles. The minimum absolute atomic E-state index is 0.125. The number of carbonyl (C=O) groups is 1. The van der Waals surface area contributed by atoms with Crippen molar-refractivity contribution in [2.75, 3.05) is 0 Å². The minimum Gasteiger partial charge on any atom is -0.768 e. The molecular formula is C24H16Cl2NO3S-. The lowest BCUT2D eigenvalue weighted by atomic mass is 10.0. The number of hydrogen-bond donors (Lipinski definition) is 0. The summed E-state index contributed by atoms with van der Waals surface area (Å²) in [6, 6.07) is 22.4. The van der Waals surface area contributed by atoms with Crippen LogP contribution in [0.1, 0.15) is 21.6 Å². The number of rotatable bonds is 5. The van der Waals surface area contributed by atoms with Gasteiger partial charge in [0.25, 0.3) is 0 Å². The molecule has 0 N–H and O–H groups in total. The summed E-state index contributed by atoms with van der Waals surface area (Å²) < 4.78 is 24.4. The lowest BCUT2D eigenvalue weighted by Gasteiger charge is -2.14. The number of hydrogen-bond acceptors (Lipinski definition) is 3. The first-order chi connectivity index (χ1) is 14.8. The summed E-state index contributed by atoms with van der Waals surface area (Å²) in [7, 11) is 0. The Morgan fingerprint density at radius 2 is 1.42 bits per heavy atom. The van der Waals surface area contributed by atoms with E-state index in [4.69, 9.17) is 23.2 Å². The average molecular weight is 469 g/mol. The molecule has 0 spiro atoms. The number of aromatic nitrogens is 1. The molecule has 1 aromatic heterocycles. The van der Waals surface area contributed by atoms with Gasteiger partial charge in [0.15, 0.2) is 5.78 Å². The highest BCUT2D eigenvalue weighted by Gasteiger charge is 2.21. The Bertz CT molecular complexity index is 1280. The Labute approximate surface area is 192 Å². The van der Waals surface area contributed by atoms with E-state index in [1.165, 1.54) is 12.1 Å². The monoisotopic (exact) mass is 468 g/mol. The fourth-order valence-electron chi connectivity index (χ4n) is 3.47. The number of halogens is 2. The smallest absolute Gasteiger partial charge is 0.194 e. The maximum Gasteiger partial charge on any atom is 0.194 e. The Morgan fingerprint density at radius 1 is 0.871 bits per heavy atom. The van der Waals surface area contributed by atoms with Crippen LogP contribution in [0.25, 0.3) is 16.9 Å². The van der Waals surface area contributed by atoms with Gasteiger partial charge in [0.1, 0.15) is 0 Å². The lowest BCUT2D eigenvalue weighted by molar-refractivity contribution is 0.103. The van der Waals surface area contributed by atoms with Crippen LogP contribution in [-0.2, 0) is 11.1 Å². The summed E-state index contributed by atoms with van der Waals surface area (Å²) in [6.45, 7) is 1.86. The van der Waals surface area contributed by atoms with E-state index in [1.54, 1.807) is 48.5 Å². The fraction of sp³-hybridized carbons (Fsp3) is 0.0417. The van der Waals surface area contributed by atoms with Crippen molar-refractivity contribution in [1.29, 1.82) is 0 Å². The normalized spacial score (nSPS) is 12.0. The van der Waals surface area contributed by atoms with Crippen molar-refractivity contribution >= 4 is 40.1 Å². The average Bonchev–Trinajstić information content (AvgIpc) is 3.11. The highest BCUT2D eigenvalue weighted by Crippen LogP contribution is 2.32. The van der Waals surface area contributed by atoms with Crippen molar-refractivity contribution in [2.45, 2.75) is 11.8 Å². The molecule has 0 radical (unpaired) electrons. The van der Waals surface area contributed by atoms with Crippen LogP contribution in [0.2, 0.25) is 10.0 Å². The van der Waals surface area contributed by atoms with Gasteiger partial charge in [0.05, 0.1) is 5.69 Å². The van der Waals surface area contributed by atoms with Gasteiger partial charge in [-0.25, -0.2) is 0 Å². The Balaban J connectivity index is 1.89. The molecule has 31 heavy (non-hydrogen) atoms. The standard InChI is InChI=1S/C24H17Cl2NO3S/c1-15-22(24(28)17-4-8-19(26)9-5-17)14-23(16-2-6-18(25)7-3-16)27(15)20-10-12-21(13-11-20)31(29)30/h2-14H,1H3,(H,29,30)/p-1. The number of nitrogens with zero attached hydrogens (tertiary/aromatic N) is 1. The van der Waals surface area contributed by atoms with Crippen molar-refractivity contribution in [3.05, 3.63) is 106 Å². The molecule has 1 heterocycles. The van der Waals surface area contributed by atoms with E-state index in [-0.39, 0.29) is 10.7 Å². The van der Waals surface area contributed by atoms with Crippen LogP contribution in [0.15, 0.2) is 83.8 Å². The Morgan fingerprint density at radius 3 is 1.97 bits per heavy atom. The summed E-state index contributed by atoms with van der Waals surface area (Å²) >= 11 is 9.70. The molecule has 1 unspecified atom stereocenters. The predicted molar refractivity (Wildman–Crippen MR) is 123 cm³/mol. The number of benzene rings is 3. The van der Waals surface area contributed by atoms with Crippen LogP contribution in [0.5, 0.6) is 0 Å². The summed E-state index contributed by atoms with van der Waals surface area (Å²) in [5.41, 5.74) is 4.22. The summed E-state index contributed by atoms with van der Waals surface area (Å²) in [5.74, 6) is -0.125. The maximum absolute atomic E-state index is 13.2. The summed E-state index contributed by atoms with van der Waals surface area (Å²) in [6.07, 6.45) is 0. The van der Waals surface area contributed by atoms with E-state index in [0.717, 1.165) is 22.6 Å². The lowest BCUT2D eigenvalue weighted by Crippen LogP contribution is -2.05. The van der Waals surface area contributed by atoms with Crippen LogP contribution in [0.3, 0.4) is 0 Å². The number of carbonyl (C=O) groups excluding carboxylic acids is 1. The molecule has 0 aliphatic heterocycles. The first-order valence-electron chi connectivity index (χ1n) is 9.33. The second kappa shape index (κ2) is 8.81. The zero-order valence-corrected chi connectivity index (χ0v) is 18.7. The minimum atomic E-state index is -2.31. The molecule has 0 saturated carbocycles. The van der Waals surface area contributed by atoms with Gasteiger partial charge in [-0.3, -0.25) is 9.00 Å². The van der Waals surface area contributed by atoms with Crippen LogP contribution < -0.4 is 0 Å². The van der Waals surface area contributed by atoms with Crippen LogP contribution >= 0.6 is 23.2 Å². The van der Waals surface area contributed by atoms with Crippen LogP contribution in [0.4, 0.5) is 0 Å². The Hall–Kier alpha value is -2.70. The fourth-order valence-corrected chi connectivity index (χ4v) is 4.08. The molecule has 3 aromatic carbocycles. The molecule has 1 atom stereocenters. The molecular weight excluding hydrogens is 453 g/mol. The molecule has 0 aliphatic carbocycles. The van der Waals surface area contributed by atoms with E-state index in [0.29, 0.717) is 21.2 Å². The summed E-state index contributed by atoms with van der Waals surface area (Å²) in [5, 5.41) is 1.17. The molecule has 0 bridgehead atoms. The van der Waals surface area contributed by atoms with Crippen molar-refractivity contribution < 1.29 is 13.6 Å². The quantitative estimate of drug-likeness (QED) is 0.257. The SMILES string of the molecule is Cc1c(C(=O)c2ccc(Cl)cc2)cc(-c2ccc(Cl)cc2)n1-c1ccc(S(=O)[O-])cc1. The van der Waals surface area contributed by atoms with Gasteiger partial charge in [-0.15, -0.1) is 0 Å². The largest absolute Gasteiger partial charge is 0.768 e. The predicted octanol–water partition coefficient (Wildman–Crippen LogP) is 6.23. The van der Waals surface area contributed by atoms with E-state index in [9.17, 15) is 13.6 Å². The van der Waals surface area contributed by atoms with Gasteiger partial charge >= 0.3 is 0 Å². The van der Waals surface area contributed by atoms with Gasteiger partial charge in [-0.05, 0) is 90.3 Å². The third kappa shape index (κ3) is 4.36. The van der Waals surface area contributed by atoms with Crippen molar-refractivity contribution in [3.8, 4) is 16.9 Å². The second-order valence-electron chi connectivity index (χ2n) is 6.94. The van der Waals surface area contributed by atoms with Crippen LogP contribution in [0, 0.1) is 6.92 Å². The molecule has 4 nitrogen and oxygen atoms in total. The molecule has 4 aromatic rings. The van der Waals surface area contributed by atoms with E-state index >= 15 is 0 Å². The zero-order valence-electron chi connectivity index (χ0n) is 16.3. The van der Waals surface area contributed by atoms with E-state index in [2.05, 4.69) is 0 Å². The van der Waals surface area contributed by atoms with E-state index < -0.39 is 11.1 Å². The van der Waals surface area contributed by atoms with Gasteiger partial charge in [-0.2, -0.15) is 0 Å². The summed E-state index contributed by atoms with van der Waals surface area (Å²) in [4.78, 5) is 13.4. The molecule has 0 amide bonds.